The number of rotatable bonds is 3. The molecular weight excluding hydrogens is 374 g/mol. The third kappa shape index (κ3) is 2.98. The largest absolute Gasteiger partial charge is 0.504 e. The van der Waals surface area contributed by atoms with Crippen molar-refractivity contribution in [2.24, 2.45) is 4.99 Å². The number of hydrogen-bond acceptors (Lipinski definition) is 4. The zero-order valence-corrected chi connectivity index (χ0v) is 17.9. The summed E-state index contributed by atoms with van der Waals surface area (Å²) in [5.41, 5.74) is 5.31. The van der Waals surface area contributed by atoms with Crippen molar-refractivity contribution in [2.75, 3.05) is 20.1 Å². The van der Waals surface area contributed by atoms with Crippen LogP contribution >= 0.6 is 0 Å². The molecule has 0 bridgehead atoms. The Kier molecular flexibility index (Phi) is 4.72. The topological polar surface area (TPSA) is 56.1 Å². The van der Waals surface area contributed by atoms with Gasteiger partial charge in [-0.25, -0.2) is 4.99 Å². The molecule has 0 atom stereocenters. The Hall–Kier alpha value is -2.56. The number of aliphatic imine (C=N–C) groups is 1. The predicted octanol–water partition coefficient (Wildman–Crippen LogP) is 4.24. The Bertz CT molecular complexity index is 969. The van der Waals surface area contributed by atoms with Crippen LogP contribution in [0.15, 0.2) is 46.9 Å². The highest BCUT2D eigenvalue weighted by Crippen LogP contribution is 2.48. The van der Waals surface area contributed by atoms with Gasteiger partial charge in [-0.1, -0.05) is 37.6 Å². The molecule has 2 fully saturated rings. The summed E-state index contributed by atoms with van der Waals surface area (Å²) < 4.78 is 0. The van der Waals surface area contributed by atoms with E-state index in [4.69, 9.17) is 4.99 Å². The molecule has 0 spiro atoms. The number of aliphatic hydroxyl groups excluding tert-OH is 1. The first-order valence-corrected chi connectivity index (χ1v) is 11.3. The van der Waals surface area contributed by atoms with Crippen molar-refractivity contribution in [3.05, 3.63) is 58.6 Å². The molecular formula is C25H31N3O2. The van der Waals surface area contributed by atoms with E-state index in [-0.39, 0.29) is 17.1 Å². The summed E-state index contributed by atoms with van der Waals surface area (Å²) in [6, 6.07) is 6.88. The molecule has 1 aromatic carbocycles. The van der Waals surface area contributed by atoms with Crippen LogP contribution in [0.2, 0.25) is 0 Å². The number of aliphatic hydroxyl groups is 1. The molecule has 158 valence electrons. The minimum atomic E-state index is -0.148. The number of hydrogen-bond donors (Lipinski definition) is 1. The van der Waals surface area contributed by atoms with Crippen LogP contribution in [0.1, 0.15) is 61.6 Å². The van der Waals surface area contributed by atoms with Gasteiger partial charge in [-0.2, -0.15) is 0 Å². The van der Waals surface area contributed by atoms with Crippen molar-refractivity contribution in [2.45, 2.75) is 63.2 Å². The predicted molar refractivity (Wildman–Crippen MR) is 118 cm³/mol. The first kappa shape index (κ1) is 19.4. The van der Waals surface area contributed by atoms with Crippen LogP contribution in [-0.4, -0.2) is 46.8 Å². The lowest BCUT2D eigenvalue weighted by Gasteiger charge is -2.42. The lowest BCUT2D eigenvalue weighted by molar-refractivity contribution is -0.129. The maximum Gasteiger partial charge on any atom is 0.274 e. The van der Waals surface area contributed by atoms with Gasteiger partial charge >= 0.3 is 0 Å². The van der Waals surface area contributed by atoms with Crippen LogP contribution in [0.5, 0.6) is 0 Å². The molecule has 0 radical (unpaired) electrons. The van der Waals surface area contributed by atoms with Gasteiger partial charge in [0.2, 0.25) is 0 Å². The number of aryl methyl sites for hydroxylation is 1. The Labute approximate surface area is 178 Å². The molecule has 5 heteroatoms. The molecule has 2 aliphatic heterocycles. The van der Waals surface area contributed by atoms with Gasteiger partial charge in [0.15, 0.2) is 11.5 Å². The van der Waals surface area contributed by atoms with E-state index in [0.717, 1.165) is 25.1 Å². The number of piperazine rings is 1. The summed E-state index contributed by atoms with van der Waals surface area (Å²) in [4.78, 5) is 21.2. The summed E-state index contributed by atoms with van der Waals surface area (Å²) in [5.74, 6) is 0.669. The van der Waals surface area contributed by atoms with Gasteiger partial charge in [0.1, 0.15) is 11.5 Å². The highest BCUT2D eigenvalue weighted by Gasteiger charge is 2.43. The van der Waals surface area contributed by atoms with Gasteiger partial charge in [0.25, 0.3) is 5.91 Å². The van der Waals surface area contributed by atoms with Crippen LogP contribution < -0.4 is 0 Å². The normalized spacial score (nSPS) is 23.4. The molecule has 2 aliphatic carbocycles. The lowest BCUT2D eigenvalue weighted by Crippen LogP contribution is -2.52. The van der Waals surface area contributed by atoms with E-state index >= 15 is 0 Å². The summed E-state index contributed by atoms with van der Waals surface area (Å²) in [6.45, 7) is 5.24. The fraction of sp³-hybridized carbons (Fsp3) is 0.520. The first-order valence-electron chi connectivity index (χ1n) is 11.3. The molecule has 4 aliphatic rings. The van der Waals surface area contributed by atoms with E-state index in [2.05, 4.69) is 24.8 Å². The highest BCUT2D eigenvalue weighted by atomic mass is 16.3. The van der Waals surface area contributed by atoms with Crippen molar-refractivity contribution in [3.8, 4) is 0 Å². The third-order valence-corrected chi connectivity index (χ3v) is 7.58. The van der Waals surface area contributed by atoms with E-state index in [1.54, 1.807) is 17.5 Å². The molecule has 1 saturated heterocycles. The van der Waals surface area contributed by atoms with E-state index in [1.165, 1.54) is 49.7 Å². The summed E-state index contributed by atoms with van der Waals surface area (Å²) in [5, 5.41) is 10.6. The number of benzene rings is 1. The SMILES string of the molecule is C=C1N=C(CC2(c3cccc4c3CCCC4)CCCC2)N2CCN(C)C(=O)C2=C1O. The minimum Gasteiger partial charge on any atom is -0.504 e. The van der Waals surface area contributed by atoms with Crippen molar-refractivity contribution in [1.29, 1.82) is 0 Å². The van der Waals surface area contributed by atoms with E-state index in [0.29, 0.717) is 24.5 Å². The second-order valence-corrected chi connectivity index (χ2v) is 9.36. The maximum absolute atomic E-state index is 12.8. The fourth-order valence-corrected chi connectivity index (χ4v) is 5.96. The zero-order chi connectivity index (χ0) is 20.9. The van der Waals surface area contributed by atoms with Gasteiger partial charge in [0, 0.05) is 32.0 Å². The lowest BCUT2D eigenvalue weighted by atomic mass is 9.71. The van der Waals surface area contributed by atoms with E-state index < -0.39 is 0 Å². The average Bonchev–Trinajstić information content (AvgIpc) is 3.23. The molecule has 30 heavy (non-hydrogen) atoms. The molecule has 0 aromatic heterocycles. The fourth-order valence-electron chi connectivity index (χ4n) is 5.96. The second-order valence-electron chi connectivity index (χ2n) is 9.36. The average molecular weight is 406 g/mol. The Morgan fingerprint density at radius 2 is 1.90 bits per heavy atom. The van der Waals surface area contributed by atoms with Crippen LogP contribution in [0.3, 0.4) is 0 Å². The molecule has 1 amide bonds. The Balaban J connectivity index is 1.54. The minimum absolute atomic E-state index is 0.0618. The van der Waals surface area contributed by atoms with Gasteiger partial charge in [-0.3, -0.25) is 4.79 Å². The van der Waals surface area contributed by atoms with Crippen molar-refractivity contribution in [1.82, 2.24) is 9.80 Å². The molecule has 5 rings (SSSR count). The maximum atomic E-state index is 12.8. The van der Waals surface area contributed by atoms with Crippen LogP contribution in [0.25, 0.3) is 0 Å². The van der Waals surface area contributed by atoms with Gasteiger partial charge in [-0.15, -0.1) is 0 Å². The molecule has 2 heterocycles. The van der Waals surface area contributed by atoms with Crippen molar-refractivity contribution in [3.63, 3.8) is 0 Å². The summed E-state index contributed by atoms with van der Waals surface area (Å²) >= 11 is 0. The van der Waals surface area contributed by atoms with Crippen LogP contribution in [0.4, 0.5) is 0 Å². The zero-order valence-electron chi connectivity index (χ0n) is 17.9. The molecule has 1 N–H and O–H groups in total. The molecule has 5 nitrogen and oxygen atoms in total. The highest BCUT2D eigenvalue weighted by molar-refractivity contribution is 6.02. The van der Waals surface area contributed by atoms with Crippen LogP contribution in [0, 0.1) is 0 Å². The number of amidine groups is 1. The van der Waals surface area contributed by atoms with E-state index in [9.17, 15) is 9.90 Å². The van der Waals surface area contributed by atoms with Gasteiger partial charge in [-0.05, 0) is 55.2 Å². The quantitative estimate of drug-likeness (QED) is 0.818. The first-order chi connectivity index (χ1) is 14.5. The van der Waals surface area contributed by atoms with E-state index in [1.807, 2.05) is 4.90 Å². The molecule has 0 unspecified atom stereocenters. The van der Waals surface area contributed by atoms with Gasteiger partial charge in [0.05, 0.1) is 0 Å². The Morgan fingerprint density at radius 3 is 2.70 bits per heavy atom. The number of likely N-dealkylation sites (N-methyl/N-ethyl adjacent to an activating group) is 1. The smallest absolute Gasteiger partial charge is 0.274 e. The summed E-state index contributed by atoms with van der Waals surface area (Å²) in [7, 11) is 1.78. The summed E-state index contributed by atoms with van der Waals surface area (Å²) in [6.07, 6.45) is 10.5. The molecule has 1 aromatic rings. The van der Waals surface area contributed by atoms with Crippen molar-refractivity contribution < 1.29 is 9.90 Å². The Morgan fingerprint density at radius 1 is 1.13 bits per heavy atom. The molecule has 1 saturated carbocycles. The number of carbonyl (C=O) groups is 1. The second kappa shape index (κ2) is 7.29. The number of amides is 1. The standard InChI is InChI=1S/C25H31N3O2/c1-17-23(29)22-24(30)27(2)14-15-28(22)21(26-17)16-25(12-5-6-13-25)20-11-7-9-18-8-3-4-10-19(18)20/h7,9,11,29H,1,3-6,8,10,12-16H2,2H3. The van der Waals surface area contributed by atoms with Gasteiger partial charge < -0.3 is 14.9 Å². The number of carbonyl (C=O) groups excluding carboxylic acids is 1. The monoisotopic (exact) mass is 405 g/mol. The number of fused-ring (bicyclic) bond motifs is 2. The number of nitrogens with zero attached hydrogens (tertiary/aromatic N) is 3. The van der Waals surface area contributed by atoms with Crippen molar-refractivity contribution >= 4 is 11.7 Å². The van der Waals surface area contributed by atoms with Crippen LogP contribution in [-0.2, 0) is 23.1 Å². The third-order valence-electron chi connectivity index (χ3n) is 7.58.